The van der Waals surface area contributed by atoms with Crippen molar-refractivity contribution in [3.8, 4) is 0 Å². The van der Waals surface area contributed by atoms with Crippen LogP contribution in [-0.2, 0) is 13.1 Å². The highest BCUT2D eigenvalue weighted by atomic mass is 16.3. The Morgan fingerprint density at radius 1 is 1.46 bits per heavy atom. The summed E-state index contributed by atoms with van der Waals surface area (Å²) in [6.45, 7) is 4.86. The molecule has 1 N–H and O–H groups in total. The highest BCUT2D eigenvalue weighted by molar-refractivity contribution is 5.16. The van der Waals surface area contributed by atoms with Gasteiger partial charge in [-0.3, -0.25) is 0 Å². The second kappa shape index (κ2) is 5.04. The summed E-state index contributed by atoms with van der Waals surface area (Å²) in [6, 6.07) is 2.03. The summed E-state index contributed by atoms with van der Waals surface area (Å²) in [5.74, 6) is 1.06. The molecule has 1 aromatic heterocycles. The fraction of sp³-hybridized carbons (Fsp3) is 0.600. The van der Waals surface area contributed by atoms with E-state index in [2.05, 4.69) is 17.1 Å². The van der Waals surface area contributed by atoms with Crippen LogP contribution >= 0.6 is 0 Å². The van der Waals surface area contributed by atoms with Crippen LogP contribution in [0.2, 0.25) is 0 Å². The Kier molecular flexibility index (Phi) is 3.99. The van der Waals surface area contributed by atoms with Crippen molar-refractivity contribution in [3.05, 3.63) is 23.7 Å². The van der Waals surface area contributed by atoms with Gasteiger partial charge in [-0.15, -0.1) is 0 Å². The van der Waals surface area contributed by atoms with Crippen molar-refractivity contribution in [1.29, 1.82) is 0 Å². The number of hydrogen-bond donors (Lipinski definition) is 1. The standard InChI is InChI=1S/C10H18N2O/c1-4-11-7-9-5-6-13-10(9)8-12(2)3/h5-6,11H,4,7-8H2,1-3H3. The topological polar surface area (TPSA) is 28.4 Å². The van der Waals surface area contributed by atoms with Crippen molar-refractivity contribution in [3.63, 3.8) is 0 Å². The highest BCUT2D eigenvalue weighted by Gasteiger charge is 2.05. The zero-order valence-electron chi connectivity index (χ0n) is 8.63. The molecule has 3 nitrogen and oxygen atoms in total. The van der Waals surface area contributed by atoms with Crippen molar-refractivity contribution >= 4 is 0 Å². The summed E-state index contributed by atoms with van der Waals surface area (Å²) < 4.78 is 5.39. The predicted octanol–water partition coefficient (Wildman–Crippen LogP) is 1.45. The van der Waals surface area contributed by atoms with E-state index in [0.717, 1.165) is 25.4 Å². The average molecular weight is 182 g/mol. The molecule has 0 fully saturated rings. The van der Waals surface area contributed by atoms with Gasteiger partial charge in [0.2, 0.25) is 0 Å². The van der Waals surface area contributed by atoms with E-state index in [1.165, 1.54) is 5.56 Å². The maximum Gasteiger partial charge on any atom is 0.122 e. The first kappa shape index (κ1) is 10.3. The Morgan fingerprint density at radius 2 is 2.23 bits per heavy atom. The molecular weight excluding hydrogens is 164 g/mol. The molecule has 0 aliphatic carbocycles. The molecule has 1 rings (SSSR count). The van der Waals surface area contributed by atoms with E-state index in [1.54, 1.807) is 6.26 Å². The molecular formula is C10H18N2O. The Bertz CT molecular complexity index is 243. The van der Waals surface area contributed by atoms with E-state index in [1.807, 2.05) is 20.2 Å². The minimum Gasteiger partial charge on any atom is -0.468 e. The molecule has 0 aliphatic rings. The first-order valence-corrected chi connectivity index (χ1v) is 4.64. The summed E-state index contributed by atoms with van der Waals surface area (Å²) in [6.07, 6.45) is 1.76. The molecule has 0 spiro atoms. The van der Waals surface area contributed by atoms with Gasteiger partial charge in [-0.25, -0.2) is 0 Å². The van der Waals surface area contributed by atoms with E-state index >= 15 is 0 Å². The zero-order valence-corrected chi connectivity index (χ0v) is 8.63. The van der Waals surface area contributed by atoms with Gasteiger partial charge in [0.1, 0.15) is 5.76 Å². The molecule has 0 saturated carbocycles. The van der Waals surface area contributed by atoms with Crippen LogP contribution in [0, 0.1) is 0 Å². The van der Waals surface area contributed by atoms with Crippen LogP contribution in [0.15, 0.2) is 16.7 Å². The minimum atomic E-state index is 0.869. The zero-order chi connectivity index (χ0) is 9.68. The summed E-state index contributed by atoms with van der Waals surface area (Å²) in [5.41, 5.74) is 1.26. The lowest BCUT2D eigenvalue weighted by molar-refractivity contribution is 0.347. The van der Waals surface area contributed by atoms with Crippen molar-refractivity contribution in [1.82, 2.24) is 10.2 Å². The van der Waals surface area contributed by atoms with Gasteiger partial charge in [0.25, 0.3) is 0 Å². The number of nitrogens with zero attached hydrogens (tertiary/aromatic N) is 1. The number of rotatable bonds is 5. The lowest BCUT2D eigenvalue weighted by Crippen LogP contribution is -2.15. The van der Waals surface area contributed by atoms with Gasteiger partial charge < -0.3 is 14.6 Å². The fourth-order valence-electron chi connectivity index (χ4n) is 1.21. The van der Waals surface area contributed by atoms with E-state index in [0.29, 0.717) is 0 Å². The lowest BCUT2D eigenvalue weighted by atomic mass is 10.2. The molecule has 0 amide bonds. The molecule has 0 bridgehead atoms. The Balaban J connectivity index is 2.55. The Morgan fingerprint density at radius 3 is 2.85 bits per heavy atom. The third-order valence-corrected chi connectivity index (χ3v) is 1.86. The fourth-order valence-corrected chi connectivity index (χ4v) is 1.21. The third kappa shape index (κ3) is 3.20. The van der Waals surface area contributed by atoms with Gasteiger partial charge in [0.05, 0.1) is 12.8 Å². The monoisotopic (exact) mass is 182 g/mol. The predicted molar refractivity (Wildman–Crippen MR) is 53.5 cm³/mol. The van der Waals surface area contributed by atoms with E-state index in [-0.39, 0.29) is 0 Å². The molecule has 0 atom stereocenters. The van der Waals surface area contributed by atoms with Crippen LogP contribution < -0.4 is 5.32 Å². The maximum absolute atomic E-state index is 5.39. The van der Waals surface area contributed by atoms with Gasteiger partial charge >= 0.3 is 0 Å². The molecule has 0 unspecified atom stereocenters. The van der Waals surface area contributed by atoms with Crippen molar-refractivity contribution in [2.75, 3.05) is 20.6 Å². The number of nitrogens with one attached hydrogen (secondary N) is 1. The third-order valence-electron chi connectivity index (χ3n) is 1.86. The maximum atomic E-state index is 5.39. The smallest absolute Gasteiger partial charge is 0.122 e. The van der Waals surface area contributed by atoms with E-state index in [9.17, 15) is 0 Å². The lowest BCUT2D eigenvalue weighted by Gasteiger charge is -2.08. The first-order valence-electron chi connectivity index (χ1n) is 4.64. The van der Waals surface area contributed by atoms with Gasteiger partial charge in [0, 0.05) is 12.1 Å². The average Bonchev–Trinajstić information content (AvgIpc) is 2.48. The Labute approximate surface area is 79.7 Å². The largest absolute Gasteiger partial charge is 0.468 e. The summed E-state index contributed by atoms with van der Waals surface area (Å²) in [4.78, 5) is 2.11. The molecule has 74 valence electrons. The molecule has 13 heavy (non-hydrogen) atoms. The van der Waals surface area contributed by atoms with Crippen LogP contribution in [-0.4, -0.2) is 25.5 Å². The number of hydrogen-bond acceptors (Lipinski definition) is 3. The Hall–Kier alpha value is -0.800. The normalized spacial score (nSPS) is 11.1. The van der Waals surface area contributed by atoms with E-state index in [4.69, 9.17) is 4.42 Å². The minimum absolute atomic E-state index is 0.869. The van der Waals surface area contributed by atoms with E-state index < -0.39 is 0 Å². The van der Waals surface area contributed by atoms with Crippen molar-refractivity contribution < 1.29 is 4.42 Å². The molecule has 3 heteroatoms. The van der Waals surface area contributed by atoms with Crippen LogP contribution in [0.3, 0.4) is 0 Å². The summed E-state index contributed by atoms with van der Waals surface area (Å²) >= 11 is 0. The molecule has 0 saturated heterocycles. The van der Waals surface area contributed by atoms with Crippen LogP contribution in [0.25, 0.3) is 0 Å². The molecule has 0 aromatic carbocycles. The number of furan rings is 1. The van der Waals surface area contributed by atoms with Crippen LogP contribution in [0.1, 0.15) is 18.2 Å². The van der Waals surface area contributed by atoms with Gasteiger partial charge in [-0.05, 0) is 26.7 Å². The van der Waals surface area contributed by atoms with Gasteiger partial charge in [0.15, 0.2) is 0 Å². The van der Waals surface area contributed by atoms with Crippen molar-refractivity contribution in [2.24, 2.45) is 0 Å². The van der Waals surface area contributed by atoms with Crippen LogP contribution in [0.5, 0.6) is 0 Å². The SMILES string of the molecule is CCNCc1ccoc1CN(C)C. The summed E-state index contributed by atoms with van der Waals surface area (Å²) in [5, 5.41) is 3.29. The molecule has 0 aliphatic heterocycles. The highest BCUT2D eigenvalue weighted by Crippen LogP contribution is 2.11. The van der Waals surface area contributed by atoms with Gasteiger partial charge in [-0.2, -0.15) is 0 Å². The van der Waals surface area contributed by atoms with Gasteiger partial charge in [-0.1, -0.05) is 6.92 Å². The second-order valence-corrected chi connectivity index (χ2v) is 3.39. The first-order chi connectivity index (χ1) is 6.24. The molecule has 1 heterocycles. The summed E-state index contributed by atoms with van der Waals surface area (Å²) in [7, 11) is 4.08. The van der Waals surface area contributed by atoms with Crippen molar-refractivity contribution in [2.45, 2.75) is 20.0 Å². The van der Waals surface area contributed by atoms with Crippen LogP contribution in [0.4, 0.5) is 0 Å². The quantitative estimate of drug-likeness (QED) is 0.747. The second-order valence-electron chi connectivity index (χ2n) is 3.39. The molecule has 1 aromatic rings. The molecule has 0 radical (unpaired) electrons.